The Labute approximate surface area is 548 Å². The molecule has 0 aromatic carbocycles. The Hall–Kier alpha value is -9.09. The number of carbonyl (C=O) groups is 10. The Kier molecular flexibility index (Phi) is 34.9. The minimum absolute atomic E-state index is 0.00674. The summed E-state index contributed by atoms with van der Waals surface area (Å²) in [7, 11) is 0. The van der Waals surface area contributed by atoms with Gasteiger partial charge in [-0.25, -0.2) is 9.78 Å². The van der Waals surface area contributed by atoms with Crippen LogP contribution in [-0.4, -0.2) is 214 Å². The van der Waals surface area contributed by atoms with Crippen LogP contribution in [0.2, 0.25) is 0 Å². The Bertz CT molecular complexity index is 2750. The average Bonchev–Trinajstić information content (AvgIpc) is 1.65. The smallest absolute Gasteiger partial charge is 0.326 e. The van der Waals surface area contributed by atoms with Gasteiger partial charge in [0.2, 0.25) is 53.2 Å². The molecule has 36 nitrogen and oxygen atoms in total. The zero-order valence-corrected chi connectivity index (χ0v) is 54.7. The number of aromatic amines is 1. The van der Waals surface area contributed by atoms with E-state index in [1.165, 1.54) is 22.3 Å². The SMILES string of the molecule is CC(C)C[C@H](NC(=O)[C@H](CC(C)C)NC(=O)[C@@H](N)Cc1cnc[nH]1)C(=O)N[C@@H](CCCN=C(N)N)C(=O)N1CCC[C@H]1C(=O)N[C@@H](CCCN=C(N)N)C(=O)N[C@@H](CCCN=C(N)N)C(=O)N[C@@H](CCCCN)C(=O)N[C@@H](CCCN=C(N)N)C(=O)N1CCC[C@H]1C(=O)O. The van der Waals surface area contributed by atoms with E-state index in [0.29, 0.717) is 31.4 Å². The normalized spacial score (nSPS) is 16.9. The number of aliphatic carboxylic acids is 1. The van der Waals surface area contributed by atoms with E-state index in [-0.39, 0.29) is 171 Å². The maximum Gasteiger partial charge on any atom is 0.326 e. The second kappa shape index (κ2) is 41.5. The Balaban J connectivity index is 1.98. The number of carbonyl (C=O) groups excluding carboxylic acids is 9. The van der Waals surface area contributed by atoms with Crippen LogP contribution in [0.5, 0.6) is 0 Å². The van der Waals surface area contributed by atoms with E-state index >= 15 is 0 Å². The van der Waals surface area contributed by atoms with E-state index in [4.69, 9.17) is 57.3 Å². The van der Waals surface area contributed by atoms with Gasteiger partial charge in [-0.3, -0.25) is 63.1 Å². The van der Waals surface area contributed by atoms with Crippen molar-refractivity contribution in [2.24, 2.45) is 89.1 Å². The van der Waals surface area contributed by atoms with Gasteiger partial charge in [0, 0.05) is 57.6 Å². The van der Waals surface area contributed by atoms with Gasteiger partial charge in [-0.2, -0.15) is 0 Å². The van der Waals surface area contributed by atoms with E-state index in [9.17, 15) is 53.1 Å². The number of nitrogens with zero attached hydrogens (tertiary/aromatic N) is 7. The van der Waals surface area contributed by atoms with Crippen molar-refractivity contribution >= 4 is 83.0 Å². The molecule has 29 N–H and O–H groups in total. The van der Waals surface area contributed by atoms with Crippen molar-refractivity contribution in [3.8, 4) is 0 Å². The van der Waals surface area contributed by atoms with Gasteiger partial charge in [-0.05, 0) is 128 Å². The van der Waals surface area contributed by atoms with Crippen LogP contribution in [0.4, 0.5) is 0 Å². The Morgan fingerprint density at radius 3 is 1.24 bits per heavy atom. The minimum Gasteiger partial charge on any atom is -0.480 e. The van der Waals surface area contributed by atoms with E-state index in [1.54, 1.807) is 0 Å². The molecule has 3 heterocycles. The quantitative estimate of drug-likeness (QED) is 0.0165. The molecular weight excluding hydrogens is 1220 g/mol. The number of unbranched alkanes of at least 4 members (excludes halogenated alkanes) is 1. The summed E-state index contributed by atoms with van der Waals surface area (Å²) in [6.45, 7) is 7.97. The van der Waals surface area contributed by atoms with Crippen LogP contribution < -0.4 is 94.6 Å². The fraction of sp³-hybridized carbons (Fsp3) is 0.707. The maximum absolute atomic E-state index is 14.9. The summed E-state index contributed by atoms with van der Waals surface area (Å²) in [5, 5.41) is 29.2. The molecule has 528 valence electrons. The molecular formula is C58H105N25O11. The number of hydrogen-bond donors (Lipinski definition) is 19. The molecule has 2 aliphatic heterocycles. The highest BCUT2D eigenvalue weighted by atomic mass is 16.4. The van der Waals surface area contributed by atoms with Gasteiger partial charge in [0.15, 0.2) is 23.8 Å². The third kappa shape index (κ3) is 28.8. The summed E-state index contributed by atoms with van der Waals surface area (Å²) in [5.74, 6) is -8.93. The fourth-order valence-electron chi connectivity index (χ4n) is 10.9. The number of hydrogen-bond acceptors (Lipinski definition) is 17. The number of imidazole rings is 1. The highest BCUT2D eigenvalue weighted by molar-refractivity contribution is 5.99. The lowest BCUT2D eigenvalue weighted by Gasteiger charge is -2.31. The predicted octanol–water partition coefficient (Wildman–Crippen LogP) is -5.82. The van der Waals surface area contributed by atoms with E-state index in [2.05, 4.69) is 67.2 Å². The molecule has 0 spiro atoms. The molecule has 2 aliphatic rings. The lowest BCUT2D eigenvalue weighted by Crippen LogP contribution is -2.60. The first-order chi connectivity index (χ1) is 44.5. The molecule has 9 amide bonds. The topological polar surface area (TPSA) is 620 Å². The molecule has 0 unspecified atom stereocenters. The van der Waals surface area contributed by atoms with Crippen LogP contribution in [0.1, 0.15) is 143 Å². The number of carboxylic acid groups (broad SMARTS) is 1. The average molecular weight is 1330 g/mol. The van der Waals surface area contributed by atoms with Crippen molar-refractivity contribution in [3.05, 3.63) is 18.2 Å². The van der Waals surface area contributed by atoms with Gasteiger partial charge in [0.1, 0.15) is 54.4 Å². The molecule has 0 aliphatic carbocycles. The maximum atomic E-state index is 14.9. The molecule has 3 rings (SSSR count). The number of aromatic nitrogens is 2. The summed E-state index contributed by atoms with van der Waals surface area (Å²) in [6.07, 6.45) is 5.59. The van der Waals surface area contributed by atoms with Crippen LogP contribution in [0.25, 0.3) is 0 Å². The van der Waals surface area contributed by atoms with Gasteiger partial charge < -0.3 is 114 Å². The number of nitrogens with one attached hydrogen (secondary N) is 8. The van der Waals surface area contributed by atoms with Crippen LogP contribution >= 0.6 is 0 Å². The zero-order chi connectivity index (χ0) is 70.0. The summed E-state index contributed by atoms with van der Waals surface area (Å²) < 4.78 is 0. The van der Waals surface area contributed by atoms with Crippen LogP contribution in [0, 0.1) is 11.8 Å². The van der Waals surface area contributed by atoms with Gasteiger partial charge in [-0.1, -0.05) is 27.7 Å². The third-order valence-electron chi connectivity index (χ3n) is 15.5. The molecule has 0 radical (unpaired) electrons. The minimum atomic E-state index is -1.42. The highest BCUT2D eigenvalue weighted by Crippen LogP contribution is 2.23. The molecule has 2 saturated heterocycles. The number of carboxylic acids is 1. The first-order valence-electron chi connectivity index (χ1n) is 32.1. The summed E-state index contributed by atoms with van der Waals surface area (Å²) >= 11 is 0. The third-order valence-corrected chi connectivity index (χ3v) is 15.5. The van der Waals surface area contributed by atoms with Crippen molar-refractivity contribution < 1.29 is 53.1 Å². The van der Waals surface area contributed by atoms with E-state index in [0.717, 1.165) is 0 Å². The second-order valence-electron chi connectivity index (χ2n) is 24.4. The molecule has 0 saturated carbocycles. The molecule has 1 aromatic heterocycles. The summed E-state index contributed by atoms with van der Waals surface area (Å²) in [6, 6.07) is -12.4. The number of aliphatic imine (C=N–C) groups is 4. The van der Waals surface area contributed by atoms with Crippen molar-refractivity contribution in [2.45, 2.75) is 204 Å². The molecule has 36 heteroatoms. The monoisotopic (exact) mass is 1330 g/mol. The zero-order valence-electron chi connectivity index (χ0n) is 54.7. The standard InChI is InChI=1S/C58H105N25O11/c1-32(2)27-41(80-45(84)35(60)29-34-30-69-31-74-34)50(89)81-42(28-33(3)4)49(88)79-39(16-9-23-72-57(65)66)52(91)82-25-11-18-43(82)51(90)77-38(15-8-22-71-56(63)64)47(86)76-37(14-7-21-70-55(61)62)46(85)75-36(13-5-6-20-59)48(87)78-40(17-10-24-73-58(67)68)53(92)83-26-12-19-44(83)54(93)94/h30-33,35-44H,5-29,59-60H2,1-4H3,(H,69,74)(H,75,85)(H,76,86)(H,77,90)(H,78,87)(H,79,88)(H,80,84)(H,81,89)(H,93,94)(H4,61,62,70)(H4,63,64,71)(H4,65,66,72)(H4,67,68,73)/t35-,36-,37-,38-,39-,40-,41-,42-,43-,44-/m0/s1. The first kappa shape index (κ1) is 79.1. The number of nitrogens with two attached hydrogens (primary N) is 10. The van der Waals surface area contributed by atoms with Crippen molar-refractivity contribution in [1.29, 1.82) is 0 Å². The first-order valence-corrected chi connectivity index (χ1v) is 32.1. The lowest BCUT2D eigenvalue weighted by molar-refractivity contribution is -0.149. The second-order valence-corrected chi connectivity index (χ2v) is 24.4. The van der Waals surface area contributed by atoms with Crippen LogP contribution in [0.3, 0.4) is 0 Å². The number of likely N-dealkylation sites (tertiary alicyclic amines) is 2. The molecule has 0 bridgehead atoms. The van der Waals surface area contributed by atoms with Crippen molar-refractivity contribution in [2.75, 3.05) is 45.8 Å². The van der Waals surface area contributed by atoms with Crippen molar-refractivity contribution in [1.82, 2.24) is 57.0 Å². The van der Waals surface area contributed by atoms with E-state index in [1.807, 2.05) is 27.7 Å². The van der Waals surface area contributed by atoms with Gasteiger partial charge >= 0.3 is 5.97 Å². The Morgan fingerprint density at radius 2 is 0.862 bits per heavy atom. The number of amides is 9. The van der Waals surface area contributed by atoms with Gasteiger partial charge in [0.05, 0.1) is 12.4 Å². The molecule has 2 fully saturated rings. The van der Waals surface area contributed by atoms with Crippen LogP contribution in [0.15, 0.2) is 32.5 Å². The van der Waals surface area contributed by atoms with Gasteiger partial charge in [-0.15, -0.1) is 0 Å². The predicted molar refractivity (Wildman–Crippen MR) is 352 cm³/mol. The summed E-state index contributed by atoms with van der Waals surface area (Å²) in [4.78, 5) is 167. The summed E-state index contributed by atoms with van der Waals surface area (Å²) in [5.41, 5.74) is 57.3. The van der Waals surface area contributed by atoms with E-state index < -0.39 is 120 Å². The molecule has 1 aromatic rings. The Morgan fingerprint density at radius 1 is 0.511 bits per heavy atom. The fourth-order valence-corrected chi connectivity index (χ4v) is 10.9. The number of guanidine groups is 4. The number of rotatable bonds is 43. The highest BCUT2D eigenvalue weighted by Gasteiger charge is 2.42. The molecule has 10 atom stereocenters. The van der Waals surface area contributed by atoms with Gasteiger partial charge in [0.25, 0.3) is 0 Å². The molecule has 94 heavy (non-hydrogen) atoms. The van der Waals surface area contributed by atoms with Crippen molar-refractivity contribution in [3.63, 3.8) is 0 Å². The number of H-pyrrole nitrogens is 1. The largest absolute Gasteiger partial charge is 0.480 e. The van der Waals surface area contributed by atoms with Crippen LogP contribution in [-0.2, 0) is 54.4 Å². The lowest BCUT2D eigenvalue weighted by atomic mass is 9.99.